The average Bonchev–Trinajstić information content (AvgIpc) is 2.65. The minimum absolute atomic E-state index is 0.390. The SMILES string of the molecule is COC(=O)c1cc2cnc(SC)nc2n1P. The molecule has 0 N–H and O–H groups in total. The van der Waals surface area contributed by atoms with Crippen LogP contribution in [0.5, 0.6) is 0 Å². The lowest BCUT2D eigenvalue weighted by atomic mass is 10.4. The van der Waals surface area contributed by atoms with E-state index in [9.17, 15) is 4.79 Å². The van der Waals surface area contributed by atoms with Gasteiger partial charge in [0.05, 0.1) is 7.11 Å². The number of thioether (sulfide) groups is 1. The number of hydrogen-bond donors (Lipinski definition) is 0. The van der Waals surface area contributed by atoms with Crippen LogP contribution in [0.2, 0.25) is 0 Å². The molecule has 0 aromatic carbocycles. The van der Waals surface area contributed by atoms with Gasteiger partial charge < -0.3 is 9.07 Å². The molecule has 0 fully saturated rings. The molecule has 0 saturated heterocycles. The number of esters is 1. The summed E-state index contributed by atoms with van der Waals surface area (Å²) in [6.45, 7) is 0. The van der Waals surface area contributed by atoms with Crippen LogP contribution in [-0.2, 0) is 4.74 Å². The van der Waals surface area contributed by atoms with Crippen molar-refractivity contribution >= 4 is 38.2 Å². The monoisotopic (exact) mass is 255 g/mol. The summed E-state index contributed by atoms with van der Waals surface area (Å²) < 4.78 is 6.30. The van der Waals surface area contributed by atoms with Gasteiger partial charge in [-0.3, -0.25) is 0 Å². The molecule has 2 aromatic heterocycles. The van der Waals surface area contributed by atoms with Gasteiger partial charge in [-0.05, 0) is 21.7 Å². The van der Waals surface area contributed by atoms with E-state index in [1.807, 2.05) is 6.26 Å². The van der Waals surface area contributed by atoms with E-state index < -0.39 is 5.97 Å². The molecule has 2 heterocycles. The highest BCUT2D eigenvalue weighted by Crippen LogP contribution is 2.22. The molecule has 0 aliphatic heterocycles. The Balaban J connectivity index is 2.64. The Hall–Kier alpha value is -1.13. The number of methoxy groups -OCH3 is 1. The van der Waals surface area contributed by atoms with Gasteiger partial charge in [-0.25, -0.2) is 14.8 Å². The molecule has 0 radical (unpaired) electrons. The Morgan fingerprint density at radius 3 is 3.00 bits per heavy atom. The zero-order chi connectivity index (χ0) is 11.7. The van der Waals surface area contributed by atoms with Crippen LogP contribution < -0.4 is 0 Å². The van der Waals surface area contributed by atoms with Gasteiger partial charge in [0.1, 0.15) is 11.3 Å². The molecule has 0 aliphatic rings. The Morgan fingerprint density at radius 1 is 1.62 bits per heavy atom. The minimum Gasteiger partial charge on any atom is -0.464 e. The standard InChI is InChI=1S/C9H10N3O2PS/c1-14-8(13)6-3-5-4-10-9(16-2)11-7(5)12(6)15/h3-4H,15H2,1-2H3. The molecule has 0 spiro atoms. The summed E-state index contributed by atoms with van der Waals surface area (Å²) in [7, 11) is 3.80. The molecule has 2 aromatic rings. The summed E-state index contributed by atoms with van der Waals surface area (Å²) in [5.74, 6) is -0.390. The molecular weight excluding hydrogens is 245 g/mol. The zero-order valence-electron chi connectivity index (χ0n) is 8.80. The largest absolute Gasteiger partial charge is 0.464 e. The topological polar surface area (TPSA) is 57.0 Å². The summed E-state index contributed by atoms with van der Waals surface area (Å²) in [5, 5.41) is 1.49. The highest BCUT2D eigenvalue weighted by Gasteiger charge is 2.15. The van der Waals surface area contributed by atoms with Crippen LogP contribution in [0.1, 0.15) is 10.5 Å². The first kappa shape index (κ1) is 11.4. The number of ether oxygens (including phenoxy) is 1. The van der Waals surface area contributed by atoms with E-state index in [0.29, 0.717) is 16.5 Å². The van der Waals surface area contributed by atoms with Crippen LogP contribution in [-0.4, -0.2) is 33.6 Å². The number of carbonyl (C=O) groups is 1. The van der Waals surface area contributed by atoms with Crippen molar-refractivity contribution in [2.24, 2.45) is 0 Å². The van der Waals surface area contributed by atoms with Gasteiger partial charge in [0.15, 0.2) is 5.16 Å². The summed E-state index contributed by atoms with van der Waals surface area (Å²) in [5.41, 5.74) is 1.14. The second-order valence-corrected chi connectivity index (χ2v) is 4.32. The van der Waals surface area contributed by atoms with Crippen LogP contribution in [0.15, 0.2) is 17.4 Å². The first-order chi connectivity index (χ1) is 7.67. The van der Waals surface area contributed by atoms with Crippen LogP contribution in [0.3, 0.4) is 0 Å². The summed E-state index contributed by atoms with van der Waals surface area (Å²) in [6, 6.07) is 1.71. The lowest BCUT2D eigenvalue weighted by molar-refractivity contribution is 0.0594. The van der Waals surface area contributed by atoms with Gasteiger partial charge in [-0.15, -0.1) is 0 Å². The second-order valence-electron chi connectivity index (χ2n) is 3.03. The fraction of sp³-hybridized carbons (Fsp3) is 0.222. The van der Waals surface area contributed by atoms with Crippen LogP contribution in [0.4, 0.5) is 0 Å². The maximum Gasteiger partial charge on any atom is 0.355 e. The van der Waals surface area contributed by atoms with E-state index in [1.165, 1.54) is 18.9 Å². The molecule has 0 aliphatic carbocycles. The average molecular weight is 255 g/mol. The molecule has 7 heteroatoms. The van der Waals surface area contributed by atoms with E-state index in [4.69, 9.17) is 0 Å². The second kappa shape index (κ2) is 4.39. The number of hydrogen-bond acceptors (Lipinski definition) is 5. The van der Waals surface area contributed by atoms with Crippen LogP contribution >= 0.6 is 21.2 Å². The van der Waals surface area contributed by atoms with Gasteiger partial charge >= 0.3 is 5.97 Å². The number of carbonyl (C=O) groups excluding carboxylic acids is 1. The van der Waals surface area contributed by atoms with Crippen molar-refractivity contribution in [1.29, 1.82) is 0 Å². The number of rotatable bonds is 2. The minimum atomic E-state index is -0.390. The predicted octanol–water partition coefficient (Wildman–Crippen LogP) is 1.58. The van der Waals surface area contributed by atoms with Crippen molar-refractivity contribution in [3.8, 4) is 0 Å². The van der Waals surface area contributed by atoms with Crippen molar-refractivity contribution in [3.63, 3.8) is 0 Å². The highest BCUT2D eigenvalue weighted by atomic mass is 32.2. The number of fused-ring (bicyclic) bond motifs is 1. The first-order valence-corrected chi connectivity index (χ1v) is 6.17. The zero-order valence-corrected chi connectivity index (χ0v) is 10.8. The highest BCUT2D eigenvalue weighted by molar-refractivity contribution is 7.98. The molecule has 84 valence electrons. The van der Waals surface area contributed by atoms with Gasteiger partial charge in [-0.1, -0.05) is 11.8 Å². The van der Waals surface area contributed by atoms with Crippen LogP contribution in [0, 0.1) is 0 Å². The fourth-order valence-electron chi connectivity index (χ4n) is 1.35. The first-order valence-electron chi connectivity index (χ1n) is 4.43. The summed E-state index contributed by atoms with van der Waals surface area (Å²) >= 11 is 1.45. The Labute approximate surface area is 98.9 Å². The van der Waals surface area contributed by atoms with Crippen molar-refractivity contribution in [2.75, 3.05) is 13.4 Å². The number of aromatic nitrogens is 3. The van der Waals surface area contributed by atoms with E-state index in [-0.39, 0.29) is 0 Å². The molecule has 1 unspecified atom stereocenters. The third kappa shape index (κ3) is 1.79. The van der Waals surface area contributed by atoms with Crippen molar-refractivity contribution in [2.45, 2.75) is 5.16 Å². The third-order valence-electron chi connectivity index (χ3n) is 2.13. The van der Waals surface area contributed by atoms with Crippen molar-refractivity contribution in [3.05, 3.63) is 18.0 Å². The van der Waals surface area contributed by atoms with E-state index >= 15 is 0 Å². The number of nitrogens with zero attached hydrogens (tertiary/aromatic N) is 3. The quantitative estimate of drug-likeness (QED) is 0.353. The molecule has 0 bridgehead atoms. The maximum atomic E-state index is 11.4. The van der Waals surface area contributed by atoms with Crippen molar-refractivity contribution in [1.82, 2.24) is 14.3 Å². The Bertz CT molecular complexity index is 555. The Morgan fingerprint density at radius 2 is 2.38 bits per heavy atom. The molecule has 16 heavy (non-hydrogen) atoms. The Kier molecular flexibility index (Phi) is 3.12. The molecule has 0 amide bonds. The van der Waals surface area contributed by atoms with Gasteiger partial charge in [-0.2, -0.15) is 0 Å². The third-order valence-corrected chi connectivity index (χ3v) is 3.22. The predicted molar refractivity (Wildman–Crippen MR) is 65.8 cm³/mol. The normalized spacial score (nSPS) is 10.7. The van der Waals surface area contributed by atoms with E-state index in [0.717, 1.165) is 5.39 Å². The molecular formula is C9H10N3O2PS. The smallest absolute Gasteiger partial charge is 0.355 e. The molecule has 1 atom stereocenters. The summed E-state index contributed by atoms with van der Waals surface area (Å²) in [6.07, 6.45) is 3.60. The van der Waals surface area contributed by atoms with Gasteiger partial charge in [0, 0.05) is 11.6 Å². The van der Waals surface area contributed by atoms with E-state index in [2.05, 4.69) is 24.1 Å². The van der Waals surface area contributed by atoms with Gasteiger partial charge in [0.25, 0.3) is 0 Å². The lowest BCUT2D eigenvalue weighted by Gasteiger charge is -2.01. The fourth-order valence-corrected chi connectivity index (χ4v) is 2.08. The lowest BCUT2D eigenvalue weighted by Crippen LogP contribution is -2.04. The van der Waals surface area contributed by atoms with Crippen molar-refractivity contribution < 1.29 is 9.53 Å². The van der Waals surface area contributed by atoms with E-state index in [1.54, 1.807) is 16.6 Å². The summed E-state index contributed by atoms with van der Waals surface area (Å²) in [4.78, 5) is 19.9. The van der Waals surface area contributed by atoms with Crippen LogP contribution in [0.25, 0.3) is 11.0 Å². The molecule has 5 nitrogen and oxygen atoms in total. The molecule has 2 rings (SSSR count). The maximum absolute atomic E-state index is 11.4. The van der Waals surface area contributed by atoms with Gasteiger partial charge in [0.2, 0.25) is 0 Å². The molecule has 0 saturated carbocycles.